The second-order valence-corrected chi connectivity index (χ2v) is 6.14. The van der Waals surface area contributed by atoms with Crippen LogP contribution >= 0.6 is 15.9 Å². The molecular weight excluding hydrogens is 360 g/mol. The van der Waals surface area contributed by atoms with Gasteiger partial charge in [-0.2, -0.15) is 5.10 Å². The molecule has 0 unspecified atom stereocenters. The van der Waals surface area contributed by atoms with Crippen LogP contribution in [0.3, 0.4) is 0 Å². The number of hydrazone groups is 1. The number of phenols is 1. The van der Waals surface area contributed by atoms with Crippen molar-refractivity contribution in [2.24, 2.45) is 5.10 Å². The Kier molecular flexibility index (Phi) is 4.43. The molecule has 1 atom stereocenters. The molecule has 0 saturated carbocycles. The monoisotopic (exact) mass is 376 g/mol. The molecule has 0 radical (unpaired) electrons. The van der Waals surface area contributed by atoms with Gasteiger partial charge < -0.3 is 20.0 Å². The summed E-state index contributed by atoms with van der Waals surface area (Å²) in [6, 6.07) is 11.2. The van der Waals surface area contributed by atoms with E-state index in [9.17, 15) is 5.11 Å². The highest BCUT2D eigenvalue weighted by Gasteiger charge is 2.24. The van der Waals surface area contributed by atoms with E-state index in [2.05, 4.69) is 26.5 Å². The fourth-order valence-corrected chi connectivity index (χ4v) is 2.97. The minimum Gasteiger partial charge on any atom is -0.507 e. The molecule has 0 aromatic heterocycles. The lowest BCUT2D eigenvalue weighted by molar-refractivity contribution is 0.354. The van der Waals surface area contributed by atoms with Gasteiger partial charge >= 0.3 is 0 Å². The zero-order chi connectivity index (χ0) is 16.4. The number of ether oxygens (including phenoxy) is 2. The summed E-state index contributed by atoms with van der Waals surface area (Å²) in [5.74, 6) is 1.60. The van der Waals surface area contributed by atoms with E-state index < -0.39 is 0 Å². The van der Waals surface area contributed by atoms with Gasteiger partial charge in [0, 0.05) is 16.5 Å². The van der Waals surface area contributed by atoms with Gasteiger partial charge in [0.05, 0.1) is 26.0 Å². The molecule has 0 fully saturated rings. The number of methoxy groups -OCH3 is 2. The van der Waals surface area contributed by atoms with Crippen LogP contribution in [0.4, 0.5) is 0 Å². The quantitative estimate of drug-likeness (QED) is 0.855. The van der Waals surface area contributed by atoms with E-state index in [4.69, 9.17) is 9.47 Å². The van der Waals surface area contributed by atoms with Crippen molar-refractivity contribution in [1.82, 2.24) is 5.43 Å². The van der Waals surface area contributed by atoms with Crippen molar-refractivity contribution >= 4 is 21.6 Å². The average molecular weight is 377 g/mol. The zero-order valence-electron chi connectivity index (χ0n) is 12.8. The Balaban J connectivity index is 1.83. The summed E-state index contributed by atoms with van der Waals surface area (Å²) < 4.78 is 11.5. The van der Waals surface area contributed by atoms with Gasteiger partial charge in [0.2, 0.25) is 0 Å². The second kappa shape index (κ2) is 6.50. The summed E-state index contributed by atoms with van der Waals surface area (Å²) in [6.45, 7) is 0. The van der Waals surface area contributed by atoms with Gasteiger partial charge in [0.15, 0.2) is 11.5 Å². The number of phenolic OH excluding ortho intramolecular Hbond substituents is 1. The molecule has 0 saturated heterocycles. The third kappa shape index (κ3) is 3.12. The number of nitrogens with one attached hydrogen (secondary N) is 1. The molecule has 2 aromatic carbocycles. The maximum atomic E-state index is 10.0. The molecule has 1 aliphatic rings. The van der Waals surface area contributed by atoms with E-state index in [0.717, 1.165) is 21.3 Å². The molecule has 23 heavy (non-hydrogen) atoms. The van der Waals surface area contributed by atoms with Crippen molar-refractivity contribution in [2.45, 2.75) is 12.5 Å². The maximum absolute atomic E-state index is 10.0. The number of hydrogen-bond acceptors (Lipinski definition) is 5. The Morgan fingerprint density at radius 1 is 1.13 bits per heavy atom. The first-order valence-corrected chi connectivity index (χ1v) is 7.94. The Morgan fingerprint density at radius 3 is 2.65 bits per heavy atom. The Morgan fingerprint density at radius 2 is 1.91 bits per heavy atom. The van der Waals surface area contributed by atoms with Gasteiger partial charge in [0.1, 0.15) is 5.75 Å². The third-order valence-corrected chi connectivity index (χ3v) is 4.33. The predicted octanol–water partition coefficient (Wildman–Crippen LogP) is 3.61. The van der Waals surface area contributed by atoms with E-state index in [-0.39, 0.29) is 11.8 Å². The smallest absolute Gasteiger partial charge is 0.161 e. The maximum Gasteiger partial charge on any atom is 0.161 e. The fraction of sp³-hybridized carbons (Fsp3) is 0.235. The van der Waals surface area contributed by atoms with Gasteiger partial charge in [-0.05, 0) is 35.9 Å². The van der Waals surface area contributed by atoms with Crippen LogP contribution in [-0.4, -0.2) is 25.0 Å². The highest BCUT2D eigenvalue weighted by molar-refractivity contribution is 9.10. The van der Waals surface area contributed by atoms with Gasteiger partial charge in [0.25, 0.3) is 0 Å². The second-order valence-electron chi connectivity index (χ2n) is 5.22. The molecule has 1 heterocycles. The summed E-state index contributed by atoms with van der Waals surface area (Å²) in [5, 5.41) is 14.4. The number of nitrogens with zero attached hydrogens (tertiary/aromatic N) is 1. The molecule has 0 bridgehead atoms. The van der Waals surface area contributed by atoms with E-state index in [0.29, 0.717) is 17.9 Å². The molecule has 1 aliphatic heterocycles. The van der Waals surface area contributed by atoms with Crippen molar-refractivity contribution in [1.29, 1.82) is 0 Å². The summed E-state index contributed by atoms with van der Waals surface area (Å²) >= 11 is 3.42. The SMILES string of the molecule is COc1ccc([C@H]2CC(c3cc(Br)ccc3O)=NN2)cc1OC. The largest absolute Gasteiger partial charge is 0.507 e. The Labute approximate surface area is 143 Å². The molecule has 2 aromatic rings. The molecule has 0 spiro atoms. The molecule has 3 rings (SSSR count). The number of rotatable bonds is 4. The van der Waals surface area contributed by atoms with Crippen molar-refractivity contribution in [2.75, 3.05) is 14.2 Å². The molecular formula is C17H17BrN2O3. The van der Waals surface area contributed by atoms with Crippen LogP contribution in [0.25, 0.3) is 0 Å². The van der Waals surface area contributed by atoms with Crippen LogP contribution < -0.4 is 14.9 Å². The van der Waals surface area contributed by atoms with Crippen molar-refractivity contribution < 1.29 is 14.6 Å². The first kappa shape index (κ1) is 15.7. The van der Waals surface area contributed by atoms with Crippen molar-refractivity contribution in [3.63, 3.8) is 0 Å². The van der Waals surface area contributed by atoms with E-state index >= 15 is 0 Å². The first-order chi connectivity index (χ1) is 11.1. The number of aromatic hydroxyl groups is 1. The number of hydrogen-bond donors (Lipinski definition) is 2. The lowest BCUT2D eigenvalue weighted by Crippen LogP contribution is -2.10. The van der Waals surface area contributed by atoms with Crippen LogP contribution in [-0.2, 0) is 0 Å². The highest BCUT2D eigenvalue weighted by atomic mass is 79.9. The van der Waals surface area contributed by atoms with Crippen molar-refractivity contribution in [3.05, 3.63) is 52.0 Å². The molecule has 120 valence electrons. The first-order valence-electron chi connectivity index (χ1n) is 7.15. The molecule has 0 aliphatic carbocycles. The standard InChI is InChI=1S/C17H17BrN2O3/c1-22-16-6-3-10(7-17(16)23-2)13-9-14(20-19-13)12-8-11(18)4-5-15(12)21/h3-8,13,19,21H,9H2,1-2H3/t13-/m1/s1. The van der Waals surface area contributed by atoms with Gasteiger partial charge in [-0.1, -0.05) is 22.0 Å². The van der Waals surface area contributed by atoms with Crippen LogP contribution in [0.2, 0.25) is 0 Å². The zero-order valence-corrected chi connectivity index (χ0v) is 14.4. The Bertz CT molecular complexity index is 761. The molecule has 2 N–H and O–H groups in total. The van der Waals surface area contributed by atoms with Crippen molar-refractivity contribution in [3.8, 4) is 17.2 Å². The number of benzene rings is 2. The van der Waals surface area contributed by atoms with Gasteiger partial charge in [-0.25, -0.2) is 0 Å². The van der Waals surface area contributed by atoms with Crippen LogP contribution in [0, 0.1) is 0 Å². The average Bonchev–Trinajstić information content (AvgIpc) is 3.06. The minimum absolute atomic E-state index is 0.0307. The minimum atomic E-state index is 0.0307. The summed E-state index contributed by atoms with van der Waals surface area (Å²) in [4.78, 5) is 0. The van der Waals surface area contributed by atoms with Crippen LogP contribution in [0.1, 0.15) is 23.6 Å². The number of halogens is 1. The van der Waals surface area contributed by atoms with Crippen LogP contribution in [0.15, 0.2) is 46.0 Å². The normalized spacial score (nSPS) is 16.7. The lowest BCUT2D eigenvalue weighted by Gasteiger charge is -2.14. The van der Waals surface area contributed by atoms with Gasteiger partial charge in [-0.3, -0.25) is 0 Å². The predicted molar refractivity (Wildman–Crippen MR) is 92.4 cm³/mol. The summed E-state index contributed by atoms with van der Waals surface area (Å²) in [7, 11) is 3.23. The topological polar surface area (TPSA) is 63.1 Å². The van der Waals surface area contributed by atoms with Gasteiger partial charge in [-0.15, -0.1) is 0 Å². The lowest BCUT2D eigenvalue weighted by atomic mass is 9.98. The van der Waals surface area contributed by atoms with E-state index in [1.54, 1.807) is 26.4 Å². The summed E-state index contributed by atoms with van der Waals surface area (Å²) in [5.41, 5.74) is 5.73. The third-order valence-electron chi connectivity index (χ3n) is 3.83. The fourth-order valence-electron chi connectivity index (χ4n) is 2.61. The molecule has 5 nitrogen and oxygen atoms in total. The van der Waals surface area contributed by atoms with E-state index in [1.165, 1.54) is 0 Å². The molecule has 0 amide bonds. The Hall–Kier alpha value is -2.21. The highest BCUT2D eigenvalue weighted by Crippen LogP contribution is 2.34. The van der Waals surface area contributed by atoms with E-state index in [1.807, 2.05) is 24.3 Å². The molecule has 6 heteroatoms. The summed E-state index contributed by atoms with van der Waals surface area (Å²) in [6.07, 6.45) is 0.680. The van der Waals surface area contributed by atoms with Crippen LogP contribution in [0.5, 0.6) is 17.2 Å².